The van der Waals surface area contributed by atoms with Gasteiger partial charge in [0.15, 0.2) is 15.9 Å². The summed E-state index contributed by atoms with van der Waals surface area (Å²) in [6.45, 7) is 0. The van der Waals surface area contributed by atoms with E-state index in [4.69, 9.17) is 4.42 Å². The minimum atomic E-state index is -1.01. The number of rotatable bonds is 7. The topological polar surface area (TPSA) is 117 Å². The van der Waals surface area contributed by atoms with Crippen molar-refractivity contribution in [1.29, 1.82) is 0 Å². The number of phenolic OH excluding ortho intramolecular Hbond substituents is 1. The number of amides is 1. The molecule has 0 saturated heterocycles. The second-order valence-electron chi connectivity index (χ2n) is 7.50. The molecule has 0 unspecified atom stereocenters. The van der Waals surface area contributed by atoms with Crippen molar-refractivity contribution in [1.82, 2.24) is 10.2 Å². The van der Waals surface area contributed by atoms with Crippen molar-refractivity contribution in [3.05, 3.63) is 101 Å². The standard InChI is InChI=1S/C24H16FN3O5S2/c25-15-7-3-13(4-8-15)12-34-24-27-26-23(35-24)28-19(14-5-9-16(29)10-6-14)18(21(31)22(28)32)20(30)17-2-1-11-33-17/h1-11,19,29,31H,12H2/t19-/m1/s1. The number of anilines is 1. The number of nitrogens with zero attached hydrogens (tertiary/aromatic N) is 3. The van der Waals surface area contributed by atoms with E-state index in [1.165, 1.54) is 59.3 Å². The van der Waals surface area contributed by atoms with E-state index >= 15 is 0 Å². The highest BCUT2D eigenvalue weighted by molar-refractivity contribution is 8.00. The number of hydrogen-bond acceptors (Lipinski definition) is 9. The first-order chi connectivity index (χ1) is 16.9. The third kappa shape index (κ3) is 4.43. The lowest BCUT2D eigenvalue weighted by Gasteiger charge is -2.23. The molecule has 0 aliphatic carbocycles. The van der Waals surface area contributed by atoms with Gasteiger partial charge in [-0.05, 0) is 47.5 Å². The summed E-state index contributed by atoms with van der Waals surface area (Å²) in [6.07, 6.45) is 1.32. The van der Waals surface area contributed by atoms with Crippen LogP contribution >= 0.6 is 23.1 Å². The lowest BCUT2D eigenvalue weighted by atomic mass is 9.95. The number of halogens is 1. The molecule has 0 radical (unpaired) electrons. The Morgan fingerprint density at radius 3 is 2.51 bits per heavy atom. The third-order valence-electron chi connectivity index (χ3n) is 5.28. The molecule has 35 heavy (non-hydrogen) atoms. The van der Waals surface area contributed by atoms with E-state index in [1.807, 2.05) is 0 Å². The van der Waals surface area contributed by atoms with Crippen molar-refractivity contribution in [3.63, 3.8) is 0 Å². The second-order valence-corrected chi connectivity index (χ2v) is 9.68. The van der Waals surface area contributed by atoms with E-state index in [0.29, 0.717) is 15.7 Å². The molecule has 0 bridgehead atoms. The summed E-state index contributed by atoms with van der Waals surface area (Å²) in [7, 11) is 0. The molecule has 2 aromatic carbocycles. The molecule has 5 rings (SSSR count). The van der Waals surface area contributed by atoms with Crippen molar-refractivity contribution in [2.24, 2.45) is 0 Å². The summed E-state index contributed by atoms with van der Waals surface area (Å²) in [5.41, 5.74) is 1.20. The van der Waals surface area contributed by atoms with Crippen LogP contribution in [0.5, 0.6) is 5.75 Å². The highest BCUT2D eigenvalue weighted by atomic mass is 32.2. The van der Waals surface area contributed by atoms with Crippen molar-refractivity contribution >= 4 is 39.9 Å². The van der Waals surface area contributed by atoms with Crippen LogP contribution in [-0.4, -0.2) is 32.1 Å². The van der Waals surface area contributed by atoms with E-state index in [-0.39, 0.29) is 28.0 Å². The fraction of sp³-hybridized carbons (Fsp3) is 0.0833. The number of aliphatic hydroxyl groups excluding tert-OH is 1. The molecule has 0 saturated carbocycles. The molecule has 1 amide bonds. The molecule has 4 aromatic rings. The van der Waals surface area contributed by atoms with Crippen LogP contribution in [0, 0.1) is 5.82 Å². The largest absolute Gasteiger partial charge is 0.508 e. The Morgan fingerprint density at radius 2 is 1.83 bits per heavy atom. The molecule has 1 atom stereocenters. The van der Waals surface area contributed by atoms with Crippen LogP contribution in [0.2, 0.25) is 0 Å². The zero-order valence-electron chi connectivity index (χ0n) is 17.8. The van der Waals surface area contributed by atoms with E-state index in [9.17, 15) is 24.2 Å². The van der Waals surface area contributed by atoms with Gasteiger partial charge in [0.2, 0.25) is 10.9 Å². The molecule has 2 N–H and O–H groups in total. The van der Waals surface area contributed by atoms with Gasteiger partial charge in [0.05, 0.1) is 17.9 Å². The lowest BCUT2D eigenvalue weighted by molar-refractivity contribution is -0.117. The minimum absolute atomic E-state index is 0.00660. The Balaban J connectivity index is 1.48. The fourth-order valence-corrected chi connectivity index (χ4v) is 5.45. The number of phenols is 1. The summed E-state index contributed by atoms with van der Waals surface area (Å²) in [4.78, 5) is 27.5. The third-order valence-corrected chi connectivity index (χ3v) is 7.41. The molecular formula is C24H16FN3O5S2. The van der Waals surface area contributed by atoms with Gasteiger partial charge in [0, 0.05) is 5.75 Å². The SMILES string of the molecule is O=C(C1=C(O)C(=O)N(c2nnc(SCc3ccc(F)cc3)s2)[C@@H]1c1ccc(O)cc1)c1ccco1. The van der Waals surface area contributed by atoms with Crippen LogP contribution in [0.3, 0.4) is 0 Å². The van der Waals surface area contributed by atoms with Crippen LogP contribution in [0.1, 0.15) is 27.7 Å². The van der Waals surface area contributed by atoms with Gasteiger partial charge in [-0.2, -0.15) is 0 Å². The number of furan rings is 1. The molecule has 11 heteroatoms. The molecule has 176 valence electrons. The van der Waals surface area contributed by atoms with E-state index in [1.54, 1.807) is 24.3 Å². The van der Waals surface area contributed by atoms with E-state index in [2.05, 4.69) is 10.2 Å². The Bertz CT molecular complexity index is 1420. The van der Waals surface area contributed by atoms with Crippen LogP contribution < -0.4 is 4.90 Å². The van der Waals surface area contributed by atoms with Crippen molar-refractivity contribution in [3.8, 4) is 5.75 Å². The van der Waals surface area contributed by atoms with Gasteiger partial charge in [-0.1, -0.05) is 47.4 Å². The van der Waals surface area contributed by atoms with Gasteiger partial charge >= 0.3 is 0 Å². The van der Waals surface area contributed by atoms with Crippen LogP contribution in [0.25, 0.3) is 0 Å². The maximum absolute atomic E-state index is 13.2. The minimum Gasteiger partial charge on any atom is -0.508 e. The number of carbonyl (C=O) groups is 2. The van der Waals surface area contributed by atoms with Gasteiger partial charge < -0.3 is 14.6 Å². The second kappa shape index (κ2) is 9.35. The summed E-state index contributed by atoms with van der Waals surface area (Å²) in [5.74, 6) is -1.99. The zero-order chi connectivity index (χ0) is 24.5. The normalized spacial score (nSPS) is 15.7. The van der Waals surface area contributed by atoms with E-state index in [0.717, 1.165) is 16.9 Å². The quantitative estimate of drug-likeness (QED) is 0.202. The average Bonchev–Trinajstić information content (AvgIpc) is 3.60. The first-order valence-corrected chi connectivity index (χ1v) is 12.1. The summed E-state index contributed by atoms with van der Waals surface area (Å²) >= 11 is 2.48. The van der Waals surface area contributed by atoms with Crippen molar-refractivity contribution in [2.75, 3.05) is 4.90 Å². The number of aromatic nitrogens is 2. The van der Waals surface area contributed by atoms with Crippen molar-refractivity contribution in [2.45, 2.75) is 16.1 Å². The van der Waals surface area contributed by atoms with Crippen LogP contribution in [0.4, 0.5) is 9.52 Å². The maximum atomic E-state index is 13.2. The average molecular weight is 510 g/mol. The molecule has 3 heterocycles. The molecule has 1 aliphatic heterocycles. The first-order valence-electron chi connectivity index (χ1n) is 10.3. The van der Waals surface area contributed by atoms with Crippen LogP contribution in [0.15, 0.2) is 87.0 Å². The number of benzene rings is 2. The summed E-state index contributed by atoms with van der Waals surface area (Å²) < 4.78 is 18.9. The number of thioether (sulfide) groups is 1. The molecule has 0 spiro atoms. The number of aliphatic hydroxyl groups is 1. The smallest absolute Gasteiger partial charge is 0.296 e. The number of aromatic hydroxyl groups is 1. The fourth-order valence-electron chi connectivity index (χ4n) is 3.63. The summed E-state index contributed by atoms with van der Waals surface area (Å²) in [6, 6.07) is 14.0. The van der Waals surface area contributed by atoms with Crippen molar-refractivity contribution < 1.29 is 28.6 Å². The monoisotopic (exact) mass is 509 g/mol. The molecular weight excluding hydrogens is 493 g/mol. The molecule has 0 fully saturated rings. The zero-order valence-corrected chi connectivity index (χ0v) is 19.4. The van der Waals surface area contributed by atoms with Gasteiger partial charge in [-0.25, -0.2) is 4.39 Å². The molecule has 8 nitrogen and oxygen atoms in total. The summed E-state index contributed by atoms with van der Waals surface area (Å²) in [5, 5.41) is 28.9. The van der Waals surface area contributed by atoms with E-state index < -0.39 is 23.5 Å². The number of carbonyl (C=O) groups excluding carboxylic acids is 2. The molecule has 1 aliphatic rings. The lowest BCUT2D eigenvalue weighted by Crippen LogP contribution is -2.31. The van der Waals surface area contributed by atoms with Crippen LogP contribution in [-0.2, 0) is 10.5 Å². The van der Waals surface area contributed by atoms with Gasteiger partial charge in [0.25, 0.3) is 5.91 Å². The highest BCUT2D eigenvalue weighted by Gasteiger charge is 2.46. The number of ketones is 1. The Labute approximate surface area is 206 Å². The van der Waals surface area contributed by atoms with Gasteiger partial charge in [-0.15, -0.1) is 10.2 Å². The Kier molecular flexibility index (Phi) is 6.10. The van der Waals surface area contributed by atoms with Gasteiger partial charge in [-0.3, -0.25) is 14.5 Å². The predicted molar refractivity (Wildman–Crippen MR) is 127 cm³/mol. The molecule has 2 aromatic heterocycles. The first kappa shape index (κ1) is 22.8. The van der Waals surface area contributed by atoms with Gasteiger partial charge in [0.1, 0.15) is 11.6 Å². The highest BCUT2D eigenvalue weighted by Crippen LogP contribution is 2.44. The number of hydrogen-bond donors (Lipinski definition) is 2. The Hall–Kier alpha value is -3.96. The Morgan fingerprint density at radius 1 is 1.09 bits per heavy atom. The number of Topliss-reactive ketones (excluding diaryl/α,β-unsaturated/α-hetero) is 1. The predicted octanol–water partition coefficient (Wildman–Crippen LogP) is 5.05. The maximum Gasteiger partial charge on any atom is 0.296 e.